The summed E-state index contributed by atoms with van der Waals surface area (Å²) in [4.78, 5) is 22.6. The summed E-state index contributed by atoms with van der Waals surface area (Å²) >= 11 is 1.37. The number of amides is 1. The predicted molar refractivity (Wildman–Crippen MR) is 73.7 cm³/mol. The van der Waals surface area contributed by atoms with Gasteiger partial charge in [0.05, 0.1) is 6.61 Å². The average molecular weight is 327 g/mol. The fourth-order valence-corrected chi connectivity index (χ4v) is 1.90. The van der Waals surface area contributed by atoms with Crippen molar-refractivity contribution >= 4 is 23.6 Å². The van der Waals surface area contributed by atoms with Crippen molar-refractivity contribution in [2.24, 2.45) is 0 Å². The van der Waals surface area contributed by atoms with Crippen LogP contribution in [0.3, 0.4) is 0 Å². The molecule has 0 saturated carbocycles. The summed E-state index contributed by atoms with van der Waals surface area (Å²) in [6, 6.07) is -1.24. The number of hydrogen-bond acceptors (Lipinski definition) is 8. The Morgan fingerprint density at radius 1 is 1.14 bits per heavy atom. The van der Waals surface area contributed by atoms with E-state index in [-0.39, 0.29) is 6.42 Å². The number of carboxylic acids is 1. The molecule has 1 amide bonds. The first kappa shape index (κ1) is 20.1. The SMILES string of the molecule is CSCC[C@@H](NC(=O)[C@@H](O)[C@H](O)[C@H](O)[C@H](O)CO)C(=O)O. The third-order valence-corrected chi connectivity index (χ3v) is 3.39. The van der Waals surface area contributed by atoms with Crippen molar-refractivity contribution in [3.8, 4) is 0 Å². The molecule has 0 bridgehead atoms. The molecule has 21 heavy (non-hydrogen) atoms. The molecule has 0 aromatic rings. The maximum Gasteiger partial charge on any atom is 0.326 e. The Labute approximate surface area is 125 Å². The Hall–Kier alpha value is -0.910. The molecular formula is C11H21NO8S. The second-order valence-corrected chi connectivity index (χ2v) is 5.34. The van der Waals surface area contributed by atoms with Crippen LogP contribution in [0.15, 0.2) is 0 Å². The zero-order valence-electron chi connectivity index (χ0n) is 11.4. The molecule has 0 saturated heterocycles. The van der Waals surface area contributed by atoms with Gasteiger partial charge in [0.1, 0.15) is 24.4 Å². The summed E-state index contributed by atoms with van der Waals surface area (Å²) in [6.45, 7) is -0.877. The highest BCUT2D eigenvalue weighted by atomic mass is 32.2. The van der Waals surface area contributed by atoms with Gasteiger partial charge in [0.25, 0.3) is 5.91 Å². The molecule has 0 rings (SSSR count). The van der Waals surface area contributed by atoms with Gasteiger partial charge in [-0.3, -0.25) is 4.79 Å². The lowest BCUT2D eigenvalue weighted by molar-refractivity contribution is -0.153. The van der Waals surface area contributed by atoms with Crippen LogP contribution < -0.4 is 5.32 Å². The van der Waals surface area contributed by atoms with E-state index in [1.165, 1.54) is 11.8 Å². The standard InChI is InChI=1S/C11H21NO8S/c1-21-3-2-5(11(19)20)12-10(18)9(17)8(16)7(15)6(14)4-13/h5-9,13-17H,2-4H2,1H3,(H,12,18)(H,19,20)/t5-,6-,7-,8-,9+/m1/s1. The van der Waals surface area contributed by atoms with Crippen molar-refractivity contribution in [3.63, 3.8) is 0 Å². The Kier molecular flexibility index (Phi) is 9.49. The number of carbonyl (C=O) groups is 2. The highest BCUT2D eigenvalue weighted by molar-refractivity contribution is 7.98. The second-order valence-electron chi connectivity index (χ2n) is 4.36. The fourth-order valence-electron chi connectivity index (χ4n) is 1.43. The smallest absolute Gasteiger partial charge is 0.326 e. The summed E-state index contributed by atoms with van der Waals surface area (Å²) in [5.41, 5.74) is 0. The van der Waals surface area contributed by atoms with Crippen LogP contribution >= 0.6 is 11.8 Å². The quantitative estimate of drug-likeness (QED) is 0.218. The van der Waals surface area contributed by atoms with E-state index in [0.29, 0.717) is 5.75 Å². The van der Waals surface area contributed by atoms with E-state index >= 15 is 0 Å². The van der Waals surface area contributed by atoms with Gasteiger partial charge in [0.2, 0.25) is 0 Å². The zero-order chi connectivity index (χ0) is 16.6. The minimum Gasteiger partial charge on any atom is -0.480 e. The largest absolute Gasteiger partial charge is 0.480 e. The molecule has 10 heteroatoms. The first-order chi connectivity index (χ1) is 9.76. The number of aliphatic hydroxyl groups is 5. The highest BCUT2D eigenvalue weighted by Gasteiger charge is 2.35. The van der Waals surface area contributed by atoms with E-state index < -0.39 is 48.9 Å². The van der Waals surface area contributed by atoms with Crippen LogP contribution in [-0.2, 0) is 9.59 Å². The van der Waals surface area contributed by atoms with E-state index in [1.807, 2.05) is 5.32 Å². The van der Waals surface area contributed by atoms with Gasteiger partial charge in [-0.25, -0.2) is 4.79 Å². The van der Waals surface area contributed by atoms with Crippen LogP contribution in [0.25, 0.3) is 0 Å². The summed E-state index contributed by atoms with van der Waals surface area (Å²) < 4.78 is 0. The molecule has 0 aromatic heterocycles. The van der Waals surface area contributed by atoms with Gasteiger partial charge < -0.3 is 36.0 Å². The van der Waals surface area contributed by atoms with Gasteiger partial charge in [-0.05, 0) is 18.4 Å². The first-order valence-corrected chi connectivity index (χ1v) is 7.50. The molecule has 0 unspecified atom stereocenters. The minimum atomic E-state index is -2.14. The van der Waals surface area contributed by atoms with Crippen LogP contribution in [0, 0.1) is 0 Å². The molecule has 5 atom stereocenters. The predicted octanol–water partition coefficient (Wildman–Crippen LogP) is -3.26. The van der Waals surface area contributed by atoms with E-state index in [1.54, 1.807) is 6.26 Å². The van der Waals surface area contributed by atoms with Crippen molar-refractivity contribution in [1.82, 2.24) is 5.32 Å². The molecule has 9 nitrogen and oxygen atoms in total. The molecule has 0 fully saturated rings. The lowest BCUT2D eigenvalue weighted by Gasteiger charge is -2.25. The molecule has 0 radical (unpaired) electrons. The Bertz CT molecular complexity index is 342. The number of aliphatic hydroxyl groups excluding tert-OH is 5. The van der Waals surface area contributed by atoms with Gasteiger partial charge in [-0.2, -0.15) is 11.8 Å². The molecule has 0 aromatic carbocycles. The summed E-state index contributed by atoms with van der Waals surface area (Å²) in [5, 5.41) is 57.1. The normalized spacial score (nSPS) is 18.4. The number of carboxylic acid groups (broad SMARTS) is 1. The number of carbonyl (C=O) groups excluding carboxylic acids is 1. The summed E-state index contributed by atoms with van der Waals surface area (Å²) in [5.74, 6) is -2.03. The van der Waals surface area contributed by atoms with Crippen LogP contribution in [-0.4, -0.2) is 91.6 Å². The fraction of sp³-hybridized carbons (Fsp3) is 0.818. The Morgan fingerprint density at radius 2 is 1.71 bits per heavy atom. The maximum absolute atomic E-state index is 11.6. The van der Waals surface area contributed by atoms with Crippen molar-refractivity contribution in [1.29, 1.82) is 0 Å². The number of aliphatic carboxylic acids is 1. The first-order valence-electron chi connectivity index (χ1n) is 6.11. The van der Waals surface area contributed by atoms with Crippen molar-refractivity contribution in [2.75, 3.05) is 18.6 Å². The maximum atomic E-state index is 11.6. The van der Waals surface area contributed by atoms with Crippen molar-refractivity contribution in [3.05, 3.63) is 0 Å². The van der Waals surface area contributed by atoms with Gasteiger partial charge >= 0.3 is 5.97 Å². The van der Waals surface area contributed by atoms with Crippen molar-refractivity contribution < 1.29 is 40.2 Å². The molecular weight excluding hydrogens is 306 g/mol. The Balaban J connectivity index is 4.64. The van der Waals surface area contributed by atoms with E-state index in [0.717, 1.165) is 0 Å². The minimum absolute atomic E-state index is 0.118. The summed E-state index contributed by atoms with van der Waals surface area (Å²) in [7, 11) is 0. The van der Waals surface area contributed by atoms with E-state index in [9.17, 15) is 24.9 Å². The van der Waals surface area contributed by atoms with Gasteiger partial charge in [-0.15, -0.1) is 0 Å². The molecule has 0 aliphatic heterocycles. The second kappa shape index (κ2) is 9.92. The third kappa shape index (κ3) is 6.59. The molecule has 0 aliphatic carbocycles. The summed E-state index contributed by atoms with van der Waals surface area (Å²) in [6.07, 6.45) is -6.03. The average Bonchev–Trinajstić information content (AvgIpc) is 2.47. The number of hydrogen-bond donors (Lipinski definition) is 7. The van der Waals surface area contributed by atoms with Gasteiger partial charge in [-0.1, -0.05) is 0 Å². The molecule has 0 heterocycles. The number of thioether (sulfide) groups is 1. The number of nitrogens with one attached hydrogen (secondary N) is 1. The van der Waals surface area contributed by atoms with Crippen LogP contribution in [0.5, 0.6) is 0 Å². The highest BCUT2D eigenvalue weighted by Crippen LogP contribution is 2.07. The van der Waals surface area contributed by atoms with Gasteiger partial charge in [0.15, 0.2) is 6.10 Å². The van der Waals surface area contributed by atoms with Crippen LogP contribution in [0.2, 0.25) is 0 Å². The van der Waals surface area contributed by atoms with Crippen LogP contribution in [0.4, 0.5) is 0 Å². The van der Waals surface area contributed by atoms with E-state index in [4.69, 9.17) is 15.3 Å². The van der Waals surface area contributed by atoms with E-state index in [2.05, 4.69) is 0 Å². The van der Waals surface area contributed by atoms with Crippen molar-refractivity contribution in [2.45, 2.75) is 36.9 Å². The monoisotopic (exact) mass is 327 g/mol. The lowest BCUT2D eigenvalue weighted by Crippen LogP contribution is -2.54. The molecule has 0 spiro atoms. The topological polar surface area (TPSA) is 168 Å². The molecule has 124 valence electrons. The van der Waals surface area contributed by atoms with Crippen LogP contribution in [0.1, 0.15) is 6.42 Å². The zero-order valence-corrected chi connectivity index (χ0v) is 12.2. The molecule has 0 aliphatic rings. The molecule has 7 N–H and O–H groups in total. The third-order valence-electron chi connectivity index (χ3n) is 2.75. The Morgan fingerprint density at radius 3 is 2.14 bits per heavy atom. The number of rotatable bonds is 10. The lowest BCUT2D eigenvalue weighted by atomic mass is 10.0. The van der Waals surface area contributed by atoms with Gasteiger partial charge in [0, 0.05) is 0 Å².